The Morgan fingerprint density at radius 1 is 1.43 bits per heavy atom. The van der Waals surface area contributed by atoms with E-state index in [9.17, 15) is 9.59 Å². The molecule has 5 heteroatoms. The van der Waals surface area contributed by atoms with Gasteiger partial charge in [-0.05, 0) is 25.8 Å². The van der Waals surface area contributed by atoms with E-state index in [-0.39, 0.29) is 5.91 Å². The van der Waals surface area contributed by atoms with E-state index in [4.69, 9.17) is 10.8 Å². The second-order valence-electron chi connectivity index (χ2n) is 3.27. The zero-order valence-electron chi connectivity index (χ0n) is 8.69. The number of carboxylic acids is 1. The summed E-state index contributed by atoms with van der Waals surface area (Å²) in [6, 6.07) is -0.723. The zero-order valence-corrected chi connectivity index (χ0v) is 8.69. The molecule has 1 amide bonds. The number of aliphatic carboxylic acids is 1. The van der Waals surface area contributed by atoms with Crippen molar-refractivity contribution in [1.82, 2.24) is 4.90 Å². The Morgan fingerprint density at radius 2 is 2.00 bits per heavy atom. The molecule has 0 heterocycles. The molecule has 0 rings (SSSR count). The van der Waals surface area contributed by atoms with Crippen LogP contribution < -0.4 is 5.73 Å². The number of hydrogen-bond donors (Lipinski definition) is 2. The first-order valence-corrected chi connectivity index (χ1v) is 4.67. The maximum atomic E-state index is 11.0. The lowest BCUT2D eigenvalue weighted by molar-refractivity contribution is -0.148. The minimum absolute atomic E-state index is 0.231. The summed E-state index contributed by atoms with van der Waals surface area (Å²) in [5, 5.41) is 8.87. The highest BCUT2D eigenvalue weighted by molar-refractivity contribution is 5.81. The number of nitrogens with zero attached hydrogens (tertiary/aromatic N) is 1. The third-order valence-electron chi connectivity index (χ3n) is 2.18. The largest absolute Gasteiger partial charge is 0.480 e. The lowest BCUT2D eigenvalue weighted by Gasteiger charge is -2.23. The van der Waals surface area contributed by atoms with Gasteiger partial charge in [-0.1, -0.05) is 0 Å². The first kappa shape index (κ1) is 12.9. The van der Waals surface area contributed by atoms with Gasteiger partial charge >= 0.3 is 5.97 Å². The van der Waals surface area contributed by atoms with Gasteiger partial charge in [-0.3, -0.25) is 4.79 Å². The Bertz CT molecular complexity index is 206. The molecule has 0 aliphatic carbocycles. The molecule has 0 bridgehead atoms. The molecule has 0 radical (unpaired) electrons. The van der Waals surface area contributed by atoms with Crippen molar-refractivity contribution in [2.24, 2.45) is 5.73 Å². The summed E-state index contributed by atoms with van der Waals surface area (Å²) in [5.41, 5.74) is 5.30. The van der Waals surface area contributed by atoms with E-state index in [1.54, 1.807) is 0 Å². The Labute approximate surface area is 83.9 Å². The molecular weight excluding hydrogens is 184 g/mol. The fraction of sp³-hybridized carbons (Fsp3) is 0.778. The molecule has 1 atom stereocenters. The second kappa shape index (κ2) is 6.37. The van der Waals surface area contributed by atoms with Gasteiger partial charge in [0.15, 0.2) is 0 Å². The first-order chi connectivity index (χ1) is 6.50. The topological polar surface area (TPSA) is 83.6 Å². The van der Waals surface area contributed by atoms with E-state index in [0.29, 0.717) is 13.0 Å². The summed E-state index contributed by atoms with van der Waals surface area (Å²) in [5.74, 6) is -1.19. The monoisotopic (exact) mass is 202 g/mol. The second-order valence-corrected chi connectivity index (χ2v) is 3.27. The molecule has 0 aromatic carbocycles. The molecule has 0 aliphatic rings. The average molecular weight is 202 g/mol. The summed E-state index contributed by atoms with van der Waals surface area (Å²) >= 11 is 0. The minimum Gasteiger partial charge on any atom is -0.480 e. The standard InChI is InChI=1S/C9H18N2O3/c1-7(12)11(2)8(9(13)14)5-3-4-6-10/h8H,3-6,10H2,1-2H3,(H,13,14)/t8-/m1/s1. The molecule has 0 aromatic rings. The van der Waals surface area contributed by atoms with E-state index in [0.717, 1.165) is 12.8 Å². The van der Waals surface area contributed by atoms with Crippen molar-refractivity contribution < 1.29 is 14.7 Å². The molecule has 0 aromatic heterocycles. The van der Waals surface area contributed by atoms with Crippen molar-refractivity contribution in [2.75, 3.05) is 13.6 Å². The maximum Gasteiger partial charge on any atom is 0.326 e. The van der Waals surface area contributed by atoms with Crippen LogP contribution >= 0.6 is 0 Å². The number of hydrogen-bond acceptors (Lipinski definition) is 3. The number of carbonyl (C=O) groups is 2. The summed E-state index contributed by atoms with van der Waals surface area (Å²) in [6.07, 6.45) is 1.98. The van der Waals surface area contributed by atoms with Gasteiger partial charge < -0.3 is 15.7 Å². The summed E-state index contributed by atoms with van der Waals surface area (Å²) < 4.78 is 0. The van der Waals surface area contributed by atoms with Gasteiger partial charge in [0.25, 0.3) is 0 Å². The summed E-state index contributed by atoms with van der Waals surface area (Å²) in [7, 11) is 1.50. The van der Waals surface area contributed by atoms with E-state index in [2.05, 4.69) is 0 Å². The third kappa shape index (κ3) is 4.23. The highest BCUT2D eigenvalue weighted by Gasteiger charge is 2.23. The van der Waals surface area contributed by atoms with Gasteiger partial charge in [0.05, 0.1) is 0 Å². The van der Waals surface area contributed by atoms with Crippen LogP contribution in [0.3, 0.4) is 0 Å². The van der Waals surface area contributed by atoms with E-state index in [1.165, 1.54) is 18.9 Å². The van der Waals surface area contributed by atoms with Crippen molar-refractivity contribution in [2.45, 2.75) is 32.2 Å². The number of carbonyl (C=O) groups excluding carboxylic acids is 1. The lowest BCUT2D eigenvalue weighted by Crippen LogP contribution is -2.41. The molecule has 5 nitrogen and oxygen atoms in total. The van der Waals surface area contributed by atoms with Crippen LogP contribution in [-0.2, 0) is 9.59 Å². The van der Waals surface area contributed by atoms with Crippen LogP contribution in [0.15, 0.2) is 0 Å². The summed E-state index contributed by atoms with van der Waals surface area (Å²) in [4.78, 5) is 23.0. The predicted octanol–water partition coefficient (Wildman–Crippen LogP) is 0.0469. The molecule has 0 unspecified atom stereocenters. The van der Waals surface area contributed by atoms with Crippen molar-refractivity contribution in [3.8, 4) is 0 Å². The van der Waals surface area contributed by atoms with Gasteiger partial charge in [0.2, 0.25) is 5.91 Å². The van der Waals surface area contributed by atoms with Crippen LogP contribution in [-0.4, -0.2) is 41.5 Å². The maximum absolute atomic E-state index is 11.0. The molecule has 0 saturated carbocycles. The lowest BCUT2D eigenvalue weighted by atomic mass is 10.1. The van der Waals surface area contributed by atoms with E-state index >= 15 is 0 Å². The Kier molecular flexibility index (Phi) is 5.87. The van der Waals surface area contributed by atoms with Crippen molar-refractivity contribution in [3.63, 3.8) is 0 Å². The van der Waals surface area contributed by atoms with Crippen LogP contribution in [0.25, 0.3) is 0 Å². The minimum atomic E-state index is -0.959. The van der Waals surface area contributed by atoms with Crippen molar-refractivity contribution >= 4 is 11.9 Å². The predicted molar refractivity (Wildman–Crippen MR) is 52.8 cm³/mol. The van der Waals surface area contributed by atoms with E-state index < -0.39 is 12.0 Å². The fourth-order valence-electron chi connectivity index (χ4n) is 1.18. The number of unbranched alkanes of at least 4 members (excludes halogenated alkanes) is 1. The highest BCUT2D eigenvalue weighted by Crippen LogP contribution is 2.07. The van der Waals surface area contributed by atoms with E-state index in [1.807, 2.05) is 0 Å². The van der Waals surface area contributed by atoms with Gasteiger partial charge in [0.1, 0.15) is 6.04 Å². The van der Waals surface area contributed by atoms with Gasteiger partial charge in [0, 0.05) is 14.0 Å². The molecular formula is C9H18N2O3. The fourth-order valence-corrected chi connectivity index (χ4v) is 1.18. The number of carboxylic acid groups (broad SMARTS) is 1. The highest BCUT2D eigenvalue weighted by atomic mass is 16.4. The van der Waals surface area contributed by atoms with Crippen LogP contribution in [0.1, 0.15) is 26.2 Å². The number of amides is 1. The van der Waals surface area contributed by atoms with Crippen LogP contribution in [0, 0.1) is 0 Å². The molecule has 0 spiro atoms. The molecule has 82 valence electrons. The Balaban J connectivity index is 4.15. The normalized spacial score (nSPS) is 12.2. The van der Waals surface area contributed by atoms with Gasteiger partial charge in [-0.25, -0.2) is 4.79 Å². The van der Waals surface area contributed by atoms with Crippen molar-refractivity contribution in [1.29, 1.82) is 0 Å². The average Bonchev–Trinajstić information content (AvgIpc) is 2.10. The Morgan fingerprint density at radius 3 is 2.36 bits per heavy atom. The number of nitrogens with two attached hydrogens (primary N) is 1. The number of likely N-dealkylation sites (N-methyl/N-ethyl adjacent to an activating group) is 1. The Hall–Kier alpha value is -1.10. The molecule has 0 aliphatic heterocycles. The number of rotatable bonds is 6. The third-order valence-corrected chi connectivity index (χ3v) is 2.18. The SMILES string of the molecule is CC(=O)N(C)[C@H](CCCCN)C(=O)O. The van der Waals surface area contributed by atoms with Crippen LogP contribution in [0.4, 0.5) is 0 Å². The summed E-state index contributed by atoms with van der Waals surface area (Å²) in [6.45, 7) is 1.91. The molecule has 0 fully saturated rings. The molecule has 0 saturated heterocycles. The quantitative estimate of drug-likeness (QED) is 0.596. The van der Waals surface area contributed by atoms with Gasteiger partial charge in [-0.15, -0.1) is 0 Å². The van der Waals surface area contributed by atoms with Crippen molar-refractivity contribution in [3.05, 3.63) is 0 Å². The first-order valence-electron chi connectivity index (χ1n) is 4.67. The smallest absolute Gasteiger partial charge is 0.326 e. The van der Waals surface area contributed by atoms with Gasteiger partial charge in [-0.2, -0.15) is 0 Å². The van der Waals surface area contributed by atoms with Crippen LogP contribution in [0.2, 0.25) is 0 Å². The van der Waals surface area contributed by atoms with Crippen LogP contribution in [0.5, 0.6) is 0 Å². The molecule has 14 heavy (non-hydrogen) atoms. The molecule has 3 N–H and O–H groups in total. The zero-order chi connectivity index (χ0) is 11.1.